The molecular formula is C10H14N2O4S. The third kappa shape index (κ3) is 3.72. The second-order valence-corrected chi connectivity index (χ2v) is 5.68. The second kappa shape index (κ2) is 5.15. The molecule has 0 spiro atoms. The summed E-state index contributed by atoms with van der Waals surface area (Å²) in [6.07, 6.45) is 0. The van der Waals surface area contributed by atoms with Gasteiger partial charge in [0.05, 0.1) is 0 Å². The van der Waals surface area contributed by atoms with Crippen LogP contribution in [-0.2, 0) is 21.4 Å². The van der Waals surface area contributed by atoms with Crippen LogP contribution in [0.15, 0.2) is 24.3 Å². The van der Waals surface area contributed by atoms with E-state index in [1.54, 1.807) is 24.3 Å². The van der Waals surface area contributed by atoms with Crippen molar-refractivity contribution in [2.45, 2.75) is 18.7 Å². The van der Waals surface area contributed by atoms with Crippen molar-refractivity contribution in [3.63, 3.8) is 0 Å². The molecule has 0 heterocycles. The quantitative estimate of drug-likeness (QED) is 0.652. The second-order valence-electron chi connectivity index (χ2n) is 3.59. The van der Waals surface area contributed by atoms with Crippen molar-refractivity contribution in [3.05, 3.63) is 29.8 Å². The number of hydrogen-bond acceptors (Lipinski definition) is 4. The lowest BCUT2D eigenvalue weighted by Crippen LogP contribution is -2.37. The number of benzene rings is 1. The molecule has 1 unspecified atom stereocenters. The van der Waals surface area contributed by atoms with Crippen LogP contribution in [0.4, 0.5) is 5.69 Å². The van der Waals surface area contributed by atoms with Gasteiger partial charge in [0.25, 0.3) is 0 Å². The summed E-state index contributed by atoms with van der Waals surface area (Å²) in [5.41, 5.74) is 6.73. The molecule has 94 valence electrons. The first kappa shape index (κ1) is 13.5. The molecule has 1 aromatic carbocycles. The summed E-state index contributed by atoms with van der Waals surface area (Å²) in [4.78, 5) is 10.6. The molecular weight excluding hydrogens is 244 g/mol. The van der Waals surface area contributed by atoms with E-state index in [1.165, 1.54) is 0 Å². The number of sulfonamides is 1. The minimum absolute atomic E-state index is 0.0188. The molecule has 7 heteroatoms. The molecule has 1 atom stereocenters. The van der Waals surface area contributed by atoms with Crippen LogP contribution < -0.4 is 10.5 Å². The monoisotopic (exact) mass is 258 g/mol. The largest absolute Gasteiger partial charge is 0.480 e. The Labute approximate surface area is 99.5 Å². The topological polar surface area (TPSA) is 109 Å². The zero-order chi connectivity index (χ0) is 13.1. The molecule has 0 radical (unpaired) electrons. The van der Waals surface area contributed by atoms with Gasteiger partial charge >= 0.3 is 5.97 Å². The van der Waals surface area contributed by atoms with Crippen LogP contribution in [0, 0.1) is 0 Å². The summed E-state index contributed by atoms with van der Waals surface area (Å²) in [5.74, 6) is -1.38. The van der Waals surface area contributed by atoms with E-state index in [1.807, 2.05) is 0 Å². The van der Waals surface area contributed by atoms with Gasteiger partial charge in [-0.1, -0.05) is 12.1 Å². The van der Waals surface area contributed by atoms with Gasteiger partial charge in [0.15, 0.2) is 5.25 Å². The van der Waals surface area contributed by atoms with E-state index in [0.717, 1.165) is 6.92 Å². The van der Waals surface area contributed by atoms with E-state index in [9.17, 15) is 13.2 Å². The average Bonchev–Trinajstić information content (AvgIpc) is 2.25. The molecule has 1 aromatic rings. The summed E-state index contributed by atoms with van der Waals surface area (Å²) < 4.78 is 25.2. The highest BCUT2D eigenvalue weighted by atomic mass is 32.2. The fourth-order valence-electron chi connectivity index (χ4n) is 1.14. The lowest BCUT2D eigenvalue weighted by Gasteiger charge is -2.10. The summed E-state index contributed by atoms with van der Waals surface area (Å²) in [6, 6.07) is 6.69. The maximum atomic E-state index is 11.5. The lowest BCUT2D eigenvalue weighted by molar-refractivity contribution is -0.136. The van der Waals surface area contributed by atoms with Crippen LogP contribution in [0.2, 0.25) is 0 Å². The fourth-order valence-corrected chi connectivity index (χ4v) is 2.03. The summed E-state index contributed by atoms with van der Waals surface area (Å²) in [5, 5.41) is 7.14. The van der Waals surface area contributed by atoms with Crippen LogP contribution in [0.1, 0.15) is 12.5 Å². The molecule has 17 heavy (non-hydrogen) atoms. The standard InChI is InChI=1S/C10H14N2O4S/c1-7(10(13)14)17(15,16)12-6-8-3-2-4-9(11)5-8/h2-5,7,12H,6,11H2,1H3,(H,13,14). The Morgan fingerprint density at radius 2 is 2.18 bits per heavy atom. The van der Waals surface area contributed by atoms with Crippen molar-refractivity contribution in [3.8, 4) is 0 Å². The predicted octanol–water partition coefficient (Wildman–Crippen LogP) is 0.161. The lowest BCUT2D eigenvalue weighted by atomic mass is 10.2. The predicted molar refractivity (Wildman–Crippen MR) is 63.7 cm³/mol. The number of rotatable bonds is 5. The Morgan fingerprint density at radius 3 is 2.71 bits per heavy atom. The fraction of sp³-hybridized carbons (Fsp3) is 0.300. The molecule has 0 saturated carbocycles. The van der Waals surface area contributed by atoms with Crippen LogP contribution in [0.5, 0.6) is 0 Å². The molecule has 4 N–H and O–H groups in total. The van der Waals surface area contributed by atoms with Gasteiger partial charge in [0.2, 0.25) is 10.0 Å². The Balaban J connectivity index is 2.71. The first-order valence-electron chi connectivity index (χ1n) is 4.88. The van der Waals surface area contributed by atoms with Crippen LogP contribution in [0.3, 0.4) is 0 Å². The number of aliphatic carboxylic acids is 1. The Kier molecular flexibility index (Phi) is 4.08. The number of carbonyl (C=O) groups is 1. The maximum absolute atomic E-state index is 11.5. The number of carboxylic acids is 1. The van der Waals surface area contributed by atoms with E-state index in [2.05, 4.69) is 4.72 Å². The Hall–Kier alpha value is -1.60. The average molecular weight is 258 g/mol. The van der Waals surface area contributed by atoms with Gasteiger partial charge in [-0.15, -0.1) is 0 Å². The molecule has 0 aliphatic carbocycles. The summed E-state index contributed by atoms with van der Waals surface area (Å²) in [6.45, 7) is 1.13. The van der Waals surface area contributed by atoms with Crippen molar-refractivity contribution in [2.24, 2.45) is 0 Å². The molecule has 0 amide bonds. The zero-order valence-electron chi connectivity index (χ0n) is 9.25. The number of nitrogen functional groups attached to an aromatic ring is 1. The van der Waals surface area contributed by atoms with Gasteiger partial charge in [-0.25, -0.2) is 13.1 Å². The van der Waals surface area contributed by atoms with Gasteiger partial charge in [-0.05, 0) is 24.6 Å². The van der Waals surface area contributed by atoms with Crippen molar-refractivity contribution in [2.75, 3.05) is 5.73 Å². The smallest absolute Gasteiger partial charge is 0.323 e. The van der Waals surface area contributed by atoms with E-state index >= 15 is 0 Å². The molecule has 0 bridgehead atoms. The van der Waals surface area contributed by atoms with E-state index in [4.69, 9.17) is 10.8 Å². The normalized spacial score (nSPS) is 13.2. The van der Waals surface area contributed by atoms with Crippen molar-refractivity contribution >= 4 is 21.7 Å². The molecule has 0 aliphatic heterocycles. The van der Waals surface area contributed by atoms with E-state index < -0.39 is 21.2 Å². The highest BCUT2D eigenvalue weighted by molar-refractivity contribution is 7.90. The highest BCUT2D eigenvalue weighted by Gasteiger charge is 2.26. The van der Waals surface area contributed by atoms with Gasteiger partial charge in [-0.2, -0.15) is 0 Å². The molecule has 6 nitrogen and oxygen atoms in total. The summed E-state index contributed by atoms with van der Waals surface area (Å²) in [7, 11) is -3.86. The minimum Gasteiger partial charge on any atom is -0.480 e. The zero-order valence-corrected chi connectivity index (χ0v) is 10.1. The van der Waals surface area contributed by atoms with Gasteiger partial charge in [-0.3, -0.25) is 4.79 Å². The number of carboxylic acid groups (broad SMARTS) is 1. The van der Waals surface area contributed by atoms with Crippen molar-refractivity contribution in [1.29, 1.82) is 0 Å². The maximum Gasteiger partial charge on any atom is 0.323 e. The van der Waals surface area contributed by atoms with Crippen molar-refractivity contribution in [1.82, 2.24) is 4.72 Å². The first-order valence-corrected chi connectivity index (χ1v) is 6.43. The molecule has 0 aliphatic rings. The SMILES string of the molecule is CC(C(=O)O)S(=O)(=O)NCc1cccc(N)c1. The molecule has 0 aromatic heterocycles. The third-order valence-corrected chi connectivity index (χ3v) is 3.92. The van der Waals surface area contributed by atoms with Gasteiger partial charge < -0.3 is 10.8 Å². The first-order chi connectivity index (χ1) is 7.83. The van der Waals surface area contributed by atoms with Crippen molar-refractivity contribution < 1.29 is 18.3 Å². The number of anilines is 1. The Bertz CT molecular complexity index is 513. The van der Waals surface area contributed by atoms with Crippen LogP contribution in [0.25, 0.3) is 0 Å². The van der Waals surface area contributed by atoms with Crippen LogP contribution >= 0.6 is 0 Å². The minimum atomic E-state index is -3.86. The van der Waals surface area contributed by atoms with Gasteiger partial charge in [0.1, 0.15) is 0 Å². The number of nitrogens with two attached hydrogens (primary N) is 1. The highest BCUT2D eigenvalue weighted by Crippen LogP contribution is 2.07. The summed E-state index contributed by atoms with van der Waals surface area (Å²) >= 11 is 0. The van der Waals surface area contributed by atoms with E-state index in [-0.39, 0.29) is 6.54 Å². The van der Waals surface area contributed by atoms with Gasteiger partial charge in [0, 0.05) is 12.2 Å². The molecule has 0 saturated heterocycles. The molecule has 0 fully saturated rings. The number of nitrogens with one attached hydrogen (secondary N) is 1. The van der Waals surface area contributed by atoms with Crippen LogP contribution in [-0.4, -0.2) is 24.7 Å². The Morgan fingerprint density at radius 1 is 1.53 bits per heavy atom. The number of hydrogen-bond donors (Lipinski definition) is 3. The molecule has 1 rings (SSSR count). The third-order valence-electron chi connectivity index (χ3n) is 2.24. The van der Waals surface area contributed by atoms with E-state index in [0.29, 0.717) is 11.3 Å².